The quantitative estimate of drug-likeness (QED) is 0.427. The second-order valence-electron chi connectivity index (χ2n) is 7.78. The molecule has 8 nitrogen and oxygen atoms in total. The van der Waals surface area contributed by atoms with Crippen molar-refractivity contribution in [1.82, 2.24) is 14.8 Å². The molecule has 0 radical (unpaired) electrons. The van der Waals surface area contributed by atoms with Crippen molar-refractivity contribution in [3.63, 3.8) is 0 Å². The molecule has 0 spiro atoms. The van der Waals surface area contributed by atoms with Crippen LogP contribution < -0.4 is 14.8 Å². The van der Waals surface area contributed by atoms with Gasteiger partial charge in [-0.1, -0.05) is 17.4 Å². The maximum Gasteiger partial charge on any atom is 0.226 e. The molecule has 170 valence electrons. The van der Waals surface area contributed by atoms with Crippen molar-refractivity contribution >= 4 is 33.3 Å². The van der Waals surface area contributed by atoms with Crippen molar-refractivity contribution in [3.05, 3.63) is 53.2 Å². The van der Waals surface area contributed by atoms with Gasteiger partial charge in [0.05, 0.1) is 29.1 Å². The number of benzene rings is 2. The molecular formula is C24H24N4O4S. The van der Waals surface area contributed by atoms with Crippen LogP contribution in [0.4, 0.5) is 5.82 Å². The molecular weight excluding hydrogens is 440 g/mol. The molecule has 0 saturated carbocycles. The number of hydrogen-bond acceptors (Lipinski definition) is 7. The van der Waals surface area contributed by atoms with Crippen LogP contribution >= 0.6 is 11.3 Å². The summed E-state index contributed by atoms with van der Waals surface area (Å²) < 4.78 is 13.9. The first-order valence-corrected chi connectivity index (χ1v) is 11.7. The topological polar surface area (TPSA) is 98.5 Å². The van der Waals surface area contributed by atoms with E-state index in [0.29, 0.717) is 29.9 Å². The molecule has 2 aromatic carbocycles. The number of hydrogen-bond donors (Lipinski definition) is 2. The van der Waals surface area contributed by atoms with Gasteiger partial charge in [-0.05, 0) is 56.7 Å². The van der Waals surface area contributed by atoms with E-state index < -0.39 is 0 Å². The number of carbonyl (C=O) groups excluding carboxylic acids is 1. The summed E-state index contributed by atoms with van der Waals surface area (Å²) in [6, 6.07) is 11.0. The fraction of sp³-hybridized carbons (Fsp3) is 0.292. The van der Waals surface area contributed by atoms with Gasteiger partial charge in [0.1, 0.15) is 11.6 Å². The summed E-state index contributed by atoms with van der Waals surface area (Å²) in [5, 5.41) is 18.5. The number of nitrogens with zero attached hydrogens (tertiary/aromatic N) is 3. The lowest BCUT2D eigenvalue weighted by molar-refractivity contribution is -0.116. The van der Waals surface area contributed by atoms with E-state index in [-0.39, 0.29) is 24.0 Å². The number of nitrogens with one attached hydrogen (secondary N) is 1. The van der Waals surface area contributed by atoms with Crippen LogP contribution in [0.5, 0.6) is 17.2 Å². The van der Waals surface area contributed by atoms with Gasteiger partial charge in [0, 0.05) is 17.9 Å². The summed E-state index contributed by atoms with van der Waals surface area (Å²) in [7, 11) is 0. The van der Waals surface area contributed by atoms with E-state index in [1.165, 1.54) is 11.3 Å². The summed E-state index contributed by atoms with van der Waals surface area (Å²) >= 11 is 1.49. The van der Waals surface area contributed by atoms with Gasteiger partial charge in [-0.2, -0.15) is 9.78 Å². The molecule has 1 amide bonds. The maximum absolute atomic E-state index is 12.7. The van der Waals surface area contributed by atoms with Gasteiger partial charge in [0.25, 0.3) is 0 Å². The van der Waals surface area contributed by atoms with Gasteiger partial charge in [-0.15, -0.1) is 0 Å². The lowest BCUT2D eigenvalue weighted by atomic mass is 9.85. The van der Waals surface area contributed by atoms with Crippen LogP contribution in [0.3, 0.4) is 0 Å². The number of aryl methyl sites for hydroxylation is 1. The Morgan fingerprint density at radius 1 is 1.18 bits per heavy atom. The third kappa shape index (κ3) is 3.78. The number of ether oxygens (including phenoxy) is 2. The Hall–Kier alpha value is -3.59. The first kappa shape index (κ1) is 21.3. The van der Waals surface area contributed by atoms with Crippen molar-refractivity contribution in [3.8, 4) is 22.4 Å². The Bertz CT molecular complexity index is 1360. The molecule has 5 rings (SSSR count). The largest absolute Gasteiger partial charge is 0.504 e. The highest BCUT2D eigenvalue weighted by atomic mass is 32.1. The second-order valence-corrected chi connectivity index (χ2v) is 8.79. The first-order chi connectivity index (χ1) is 16.0. The predicted molar refractivity (Wildman–Crippen MR) is 127 cm³/mol. The number of aromatic hydroxyl groups is 1. The highest BCUT2D eigenvalue weighted by Gasteiger charge is 2.33. The van der Waals surface area contributed by atoms with Crippen LogP contribution in [0.25, 0.3) is 15.3 Å². The third-order valence-electron chi connectivity index (χ3n) is 5.63. The van der Waals surface area contributed by atoms with Crippen molar-refractivity contribution in [2.45, 2.75) is 33.1 Å². The highest BCUT2D eigenvalue weighted by Crippen LogP contribution is 2.43. The first-order valence-electron chi connectivity index (χ1n) is 10.9. The molecule has 2 N–H and O–H groups in total. The minimum Gasteiger partial charge on any atom is -0.504 e. The Morgan fingerprint density at radius 3 is 2.79 bits per heavy atom. The van der Waals surface area contributed by atoms with Crippen LogP contribution in [0.2, 0.25) is 0 Å². The summed E-state index contributed by atoms with van der Waals surface area (Å²) in [4.78, 5) is 17.4. The van der Waals surface area contributed by atoms with Crippen LogP contribution in [0, 0.1) is 6.92 Å². The van der Waals surface area contributed by atoms with E-state index in [1.807, 2.05) is 45.0 Å². The molecule has 0 aliphatic carbocycles. The van der Waals surface area contributed by atoms with E-state index in [0.717, 1.165) is 32.8 Å². The van der Waals surface area contributed by atoms with E-state index in [4.69, 9.17) is 19.6 Å². The normalized spacial score (nSPS) is 15.4. The lowest BCUT2D eigenvalue weighted by Gasteiger charge is -2.24. The Morgan fingerprint density at radius 2 is 2.00 bits per heavy atom. The average Bonchev–Trinajstić information content (AvgIpc) is 3.35. The maximum atomic E-state index is 12.7. The van der Waals surface area contributed by atoms with Gasteiger partial charge in [-0.25, -0.2) is 4.98 Å². The van der Waals surface area contributed by atoms with Crippen LogP contribution in [-0.2, 0) is 4.79 Å². The molecule has 0 bridgehead atoms. The smallest absolute Gasteiger partial charge is 0.226 e. The van der Waals surface area contributed by atoms with Crippen molar-refractivity contribution in [2.75, 3.05) is 18.5 Å². The summed E-state index contributed by atoms with van der Waals surface area (Å²) in [6.45, 7) is 6.78. The zero-order chi connectivity index (χ0) is 23.1. The van der Waals surface area contributed by atoms with Crippen LogP contribution in [0.1, 0.15) is 43.0 Å². The van der Waals surface area contributed by atoms with Crippen LogP contribution in [0.15, 0.2) is 36.4 Å². The monoisotopic (exact) mass is 464 g/mol. The number of thiazole rings is 1. The van der Waals surface area contributed by atoms with Crippen molar-refractivity contribution in [2.24, 2.45) is 0 Å². The molecule has 3 heterocycles. The number of phenols is 1. The minimum absolute atomic E-state index is 0.0781. The standard InChI is InChI=1S/C24H24N4O4S/c1-4-31-15-7-8-17-20(11-15)33-24(25-17)28-23-22(13(3)27-28)16(12-21(30)26-23)14-6-9-18(29)19(10-14)32-5-2/h6-11,16,29H,4-5,12H2,1-3H3,(H,26,30). The lowest BCUT2D eigenvalue weighted by Crippen LogP contribution is -2.25. The number of amides is 1. The van der Waals surface area contributed by atoms with Gasteiger partial charge < -0.3 is 19.9 Å². The average molecular weight is 465 g/mol. The minimum atomic E-state index is -0.207. The Balaban J connectivity index is 1.60. The zero-order valence-electron chi connectivity index (χ0n) is 18.6. The molecule has 1 aliphatic rings. The molecule has 0 saturated heterocycles. The van der Waals surface area contributed by atoms with E-state index in [9.17, 15) is 9.90 Å². The molecule has 1 aliphatic heterocycles. The van der Waals surface area contributed by atoms with Gasteiger partial charge in [0.2, 0.25) is 11.0 Å². The third-order valence-corrected chi connectivity index (χ3v) is 6.62. The number of fused-ring (bicyclic) bond motifs is 2. The fourth-order valence-corrected chi connectivity index (χ4v) is 5.18. The highest BCUT2D eigenvalue weighted by molar-refractivity contribution is 7.20. The second kappa shape index (κ2) is 8.40. The number of carbonyl (C=O) groups is 1. The van der Waals surface area contributed by atoms with Gasteiger partial charge in [0.15, 0.2) is 11.5 Å². The molecule has 2 aromatic heterocycles. The number of aromatic nitrogens is 3. The molecule has 4 aromatic rings. The van der Waals surface area contributed by atoms with Crippen molar-refractivity contribution < 1.29 is 19.4 Å². The molecule has 1 unspecified atom stereocenters. The van der Waals surface area contributed by atoms with E-state index >= 15 is 0 Å². The summed E-state index contributed by atoms with van der Waals surface area (Å²) in [6.07, 6.45) is 0.285. The molecule has 33 heavy (non-hydrogen) atoms. The number of anilines is 1. The van der Waals surface area contributed by atoms with E-state index in [1.54, 1.807) is 16.8 Å². The van der Waals surface area contributed by atoms with Crippen LogP contribution in [-0.4, -0.2) is 39.0 Å². The van der Waals surface area contributed by atoms with Crippen molar-refractivity contribution in [1.29, 1.82) is 0 Å². The molecule has 1 atom stereocenters. The molecule has 0 fully saturated rings. The fourth-order valence-electron chi connectivity index (χ4n) is 4.23. The Labute approximate surface area is 194 Å². The zero-order valence-corrected chi connectivity index (χ0v) is 19.4. The Kier molecular flexibility index (Phi) is 5.41. The van der Waals surface area contributed by atoms with Gasteiger partial charge >= 0.3 is 0 Å². The SMILES string of the molecule is CCOc1ccc2nc(-n3nc(C)c4c3NC(=O)CC4c3ccc(O)c(OCC)c3)sc2c1. The number of phenolic OH excluding ortho intramolecular Hbond substituents is 1. The van der Waals surface area contributed by atoms with Gasteiger partial charge in [-0.3, -0.25) is 4.79 Å². The molecule has 9 heteroatoms. The number of rotatable bonds is 6. The summed E-state index contributed by atoms with van der Waals surface area (Å²) in [5.41, 5.74) is 3.49. The predicted octanol–water partition coefficient (Wildman–Crippen LogP) is 4.77. The summed E-state index contributed by atoms with van der Waals surface area (Å²) in [5.74, 6) is 1.60. The van der Waals surface area contributed by atoms with E-state index in [2.05, 4.69) is 5.32 Å².